The van der Waals surface area contributed by atoms with Crippen LogP contribution < -0.4 is 20.7 Å². The van der Waals surface area contributed by atoms with E-state index in [4.69, 9.17) is 10.5 Å². The maximum Gasteiger partial charge on any atom is 0.265 e. The summed E-state index contributed by atoms with van der Waals surface area (Å²) in [4.78, 5) is 14.0. The van der Waals surface area contributed by atoms with Gasteiger partial charge in [0.05, 0.1) is 5.69 Å². The zero-order valence-corrected chi connectivity index (χ0v) is 11.1. The van der Waals surface area contributed by atoms with Gasteiger partial charge in [-0.05, 0) is 37.6 Å². The molecule has 19 heavy (non-hydrogen) atoms. The van der Waals surface area contributed by atoms with Gasteiger partial charge in [-0.2, -0.15) is 0 Å². The van der Waals surface area contributed by atoms with Crippen LogP contribution in [-0.4, -0.2) is 32.7 Å². The van der Waals surface area contributed by atoms with Crippen molar-refractivity contribution in [2.45, 2.75) is 12.8 Å². The maximum absolute atomic E-state index is 12.1. The van der Waals surface area contributed by atoms with Gasteiger partial charge in [-0.3, -0.25) is 4.79 Å². The topological polar surface area (TPSA) is 67.6 Å². The fourth-order valence-electron chi connectivity index (χ4n) is 2.47. The summed E-state index contributed by atoms with van der Waals surface area (Å²) >= 11 is 0. The van der Waals surface area contributed by atoms with E-state index in [2.05, 4.69) is 5.32 Å². The first-order chi connectivity index (χ1) is 9.17. The smallest absolute Gasteiger partial charge is 0.265 e. The second-order valence-corrected chi connectivity index (χ2v) is 5.41. The summed E-state index contributed by atoms with van der Waals surface area (Å²) in [5.41, 5.74) is 7.77. The van der Waals surface area contributed by atoms with Crippen LogP contribution in [0.15, 0.2) is 18.2 Å². The van der Waals surface area contributed by atoms with E-state index in [1.807, 2.05) is 30.1 Å². The Hall–Kier alpha value is -1.75. The van der Waals surface area contributed by atoms with Crippen LogP contribution in [0.4, 0.5) is 11.4 Å². The molecule has 2 aliphatic rings. The third-order valence-corrected chi connectivity index (χ3v) is 4.07. The number of anilines is 2. The Morgan fingerprint density at radius 2 is 2.26 bits per heavy atom. The first kappa shape index (κ1) is 12.3. The molecular formula is C14H19N3O2. The Labute approximate surface area is 112 Å². The molecule has 0 atom stereocenters. The van der Waals surface area contributed by atoms with Crippen LogP contribution in [0.3, 0.4) is 0 Å². The number of nitrogens with two attached hydrogens (primary N) is 1. The molecule has 0 unspecified atom stereocenters. The van der Waals surface area contributed by atoms with Gasteiger partial charge in [-0.15, -0.1) is 0 Å². The summed E-state index contributed by atoms with van der Waals surface area (Å²) in [6.07, 6.45) is 2.21. The number of hydrogen-bond donors (Lipinski definition) is 2. The number of nitrogens with zero attached hydrogens (tertiary/aromatic N) is 1. The summed E-state index contributed by atoms with van der Waals surface area (Å²) in [6, 6.07) is 5.81. The van der Waals surface area contributed by atoms with Crippen molar-refractivity contribution in [3.05, 3.63) is 18.2 Å². The molecule has 1 aliphatic heterocycles. The Bertz CT molecular complexity index is 511. The zero-order valence-electron chi connectivity index (χ0n) is 11.1. The molecule has 1 fully saturated rings. The van der Waals surface area contributed by atoms with Crippen molar-refractivity contribution in [1.29, 1.82) is 0 Å². The van der Waals surface area contributed by atoms with Crippen molar-refractivity contribution in [2.24, 2.45) is 11.1 Å². The standard InChI is InChI=1S/C14H19N3O2/c1-16-10-2-3-12-11(6-10)17(13(18)7-19-12)9-14(8-15)4-5-14/h2-3,6,16H,4-5,7-9,15H2,1H3. The molecule has 1 saturated carbocycles. The molecule has 3 rings (SSSR count). The minimum atomic E-state index is 0.0143. The van der Waals surface area contributed by atoms with E-state index in [0.29, 0.717) is 13.1 Å². The molecule has 0 spiro atoms. The molecule has 5 heteroatoms. The summed E-state index contributed by atoms with van der Waals surface area (Å²) in [5, 5.41) is 3.09. The monoisotopic (exact) mass is 261 g/mol. The van der Waals surface area contributed by atoms with Crippen LogP contribution in [0.25, 0.3) is 0 Å². The van der Waals surface area contributed by atoms with Gasteiger partial charge in [0, 0.05) is 24.7 Å². The quantitative estimate of drug-likeness (QED) is 0.854. The second-order valence-electron chi connectivity index (χ2n) is 5.41. The molecular weight excluding hydrogens is 242 g/mol. The van der Waals surface area contributed by atoms with Gasteiger partial charge in [-0.1, -0.05) is 0 Å². The van der Waals surface area contributed by atoms with Crippen LogP contribution in [0.1, 0.15) is 12.8 Å². The number of rotatable bonds is 4. The molecule has 1 amide bonds. The summed E-state index contributed by atoms with van der Waals surface area (Å²) in [7, 11) is 1.86. The summed E-state index contributed by atoms with van der Waals surface area (Å²) in [6.45, 7) is 1.46. The van der Waals surface area contributed by atoms with E-state index in [-0.39, 0.29) is 17.9 Å². The van der Waals surface area contributed by atoms with E-state index in [1.165, 1.54) is 0 Å². The number of amides is 1. The number of carbonyl (C=O) groups excluding carboxylic acids is 1. The van der Waals surface area contributed by atoms with Crippen molar-refractivity contribution in [1.82, 2.24) is 0 Å². The Kier molecular flexibility index (Phi) is 2.86. The molecule has 1 aromatic rings. The highest BCUT2D eigenvalue weighted by Crippen LogP contribution is 2.47. The fraction of sp³-hybridized carbons (Fsp3) is 0.500. The van der Waals surface area contributed by atoms with Crippen molar-refractivity contribution in [2.75, 3.05) is 37.0 Å². The molecule has 1 heterocycles. The van der Waals surface area contributed by atoms with E-state index in [0.717, 1.165) is 30.0 Å². The van der Waals surface area contributed by atoms with Crippen LogP contribution >= 0.6 is 0 Å². The Morgan fingerprint density at radius 1 is 1.47 bits per heavy atom. The predicted molar refractivity (Wildman–Crippen MR) is 74.6 cm³/mol. The van der Waals surface area contributed by atoms with Gasteiger partial charge in [0.15, 0.2) is 6.61 Å². The van der Waals surface area contributed by atoms with Crippen LogP contribution in [-0.2, 0) is 4.79 Å². The summed E-state index contributed by atoms with van der Waals surface area (Å²) in [5.74, 6) is 0.784. The van der Waals surface area contributed by atoms with E-state index >= 15 is 0 Å². The van der Waals surface area contributed by atoms with Gasteiger partial charge in [0.25, 0.3) is 5.91 Å². The first-order valence-electron chi connectivity index (χ1n) is 6.62. The van der Waals surface area contributed by atoms with Crippen LogP contribution in [0, 0.1) is 5.41 Å². The van der Waals surface area contributed by atoms with Crippen molar-refractivity contribution in [3.63, 3.8) is 0 Å². The lowest BCUT2D eigenvalue weighted by Gasteiger charge is -2.32. The highest BCUT2D eigenvalue weighted by molar-refractivity contribution is 5.98. The molecule has 0 bridgehead atoms. The summed E-state index contributed by atoms with van der Waals surface area (Å²) < 4.78 is 5.48. The zero-order chi connectivity index (χ0) is 13.5. The van der Waals surface area contributed by atoms with Crippen molar-refractivity contribution >= 4 is 17.3 Å². The molecule has 5 nitrogen and oxygen atoms in total. The lowest BCUT2D eigenvalue weighted by Crippen LogP contribution is -2.43. The minimum Gasteiger partial charge on any atom is -0.482 e. The van der Waals surface area contributed by atoms with Gasteiger partial charge in [-0.25, -0.2) is 0 Å². The van der Waals surface area contributed by atoms with Gasteiger partial charge in [0.2, 0.25) is 0 Å². The molecule has 102 valence electrons. The predicted octanol–water partition coefficient (Wildman–Crippen LogP) is 1.19. The third-order valence-electron chi connectivity index (χ3n) is 4.07. The lowest BCUT2D eigenvalue weighted by atomic mass is 10.1. The lowest BCUT2D eigenvalue weighted by molar-refractivity contribution is -0.121. The number of nitrogens with one attached hydrogen (secondary N) is 1. The van der Waals surface area contributed by atoms with E-state index in [1.54, 1.807) is 0 Å². The third kappa shape index (κ3) is 2.14. The van der Waals surface area contributed by atoms with Crippen LogP contribution in [0.5, 0.6) is 5.75 Å². The highest BCUT2D eigenvalue weighted by Gasteiger charge is 2.44. The molecule has 0 saturated heterocycles. The fourth-order valence-corrected chi connectivity index (χ4v) is 2.47. The average molecular weight is 261 g/mol. The maximum atomic E-state index is 12.1. The Morgan fingerprint density at radius 3 is 2.89 bits per heavy atom. The van der Waals surface area contributed by atoms with Crippen LogP contribution in [0.2, 0.25) is 0 Å². The molecule has 1 aliphatic carbocycles. The normalized spacial score (nSPS) is 19.7. The SMILES string of the molecule is CNc1ccc2c(c1)N(CC1(CN)CC1)C(=O)CO2. The highest BCUT2D eigenvalue weighted by atomic mass is 16.5. The molecule has 3 N–H and O–H groups in total. The average Bonchev–Trinajstić information content (AvgIpc) is 3.22. The van der Waals surface area contributed by atoms with Gasteiger partial charge < -0.3 is 20.7 Å². The molecule has 0 aromatic heterocycles. The number of ether oxygens (including phenoxy) is 1. The number of carbonyl (C=O) groups is 1. The first-order valence-corrected chi connectivity index (χ1v) is 6.62. The largest absolute Gasteiger partial charge is 0.482 e. The minimum absolute atomic E-state index is 0.0143. The molecule has 0 radical (unpaired) electrons. The number of benzene rings is 1. The van der Waals surface area contributed by atoms with E-state index < -0.39 is 0 Å². The van der Waals surface area contributed by atoms with Crippen molar-refractivity contribution in [3.8, 4) is 5.75 Å². The van der Waals surface area contributed by atoms with Crippen molar-refractivity contribution < 1.29 is 9.53 Å². The molecule has 1 aromatic carbocycles. The van der Waals surface area contributed by atoms with E-state index in [9.17, 15) is 4.79 Å². The number of fused-ring (bicyclic) bond motifs is 1. The second kappa shape index (κ2) is 4.42. The van der Waals surface area contributed by atoms with Gasteiger partial charge >= 0.3 is 0 Å². The number of hydrogen-bond acceptors (Lipinski definition) is 4. The Balaban J connectivity index is 1.93. The van der Waals surface area contributed by atoms with Gasteiger partial charge in [0.1, 0.15) is 5.75 Å².